The van der Waals surface area contributed by atoms with Crippen molar-refractivity contribution in [2.24, 2.45) is 0 Å². The number of methoxy groups -OCH3 is 1. The third-order valence-electron chi connectivity index (χ3n) is 7.50. The number of hydrogen-bond donors (Lipinski definition) is 1. The minimum Gasteiger partial charge on any atom is -0.497 e. The van der Waals surface area contributed by atoms with Crippen LogP contribution in [0.2, 0.25) is 0 Å². The monoisotopic (exact) mass is 593 g/mol. The molecule has 4 aromatic carbocycles. The summed E-state index contributed by atoms with van der Waals surface area (Å²) in [5.41, 5.74) is 4.22. The smallest absolute Gasteiger partial charge is 0.254 e. The summed E-state index contributed by atoms with van der Waals surface area (Å²) in [6.45, 7) is 3.31. The van der Waals surface area contributed by atoms with Crippen LogP contribution in [0.5, 0.6) is 11.5 Å². The number of carbonyl (C=O) groups is 2. The number of nitrogens with zero attached hydrogens (tertiary/aromatic N) is 2. The lowest BCUT2D eigenvalue weighted by Crippen LogP contribution is -2.43. The van der Waals surface area contributed by atoms with Crippen molar-refractivity contribution in [1.29, 1.82) is 0 Å². The number of aromatic nitrogens is 1. The van der Waals surface area contributed by atoms with E-state index in [1.165, 1.54) is 24.1 Å². The molecule has 8 heteroatoms. The Balaban J connectivity index is 1.41. The van der Waals surface area contributed by atoms with Crippen molar-refractivity contribution in [3.63, 3.8) is 0 Å². The molecule has 0 bridgehead atoms. The Labute approximate surface area is 256 Å². The fourth-order valence-electron chi connectivity index (χ4n) is 5.18. The summed E-state index contributed by atoms with van der Waals surface area (Å²) in [6, 6.07) is 28.6. The predicted molar refractivity (Wildman–Crippen MR) is 169 cm³/mol. The largest absolute Gasteiger partial charge is 0.497 e. The molecule has 2 amide bonds. The molecular weight excluding hydrogens is 557 g/mol. The molecule has 0 aliphatic carbocycles. The molecule has 0 fully saturated rings. The summed E-state index contributed by atoms with van der Waals surface area (Å²) < 4.78 is 24.6. The fourth-order valence-corrected chi connectivity index (χ4v) is 5.18. The molecule has 5 aromatic rings. The quantitative estimate of drug-likeness (QED) is 0.166. The van der Waals surface area contributed by atoms with E-state index in [1.807, 2.05) is 55.6 Å². The summed E-state index contributed by atoms with van der Waals surface area (Å²) in [6.07, 6.45) is 2.62. The highest BCUT2D eigenvalue weighted by atomic mass is 19.1. The van der Waals surface area contributed by atoms with Crippen molar-refractivity contribution in [3.05, 3.63) is 131 Å². The van der Waals surface area contributed by atoms with E-state index in [1.54, 1.807) is 41.3 Å². The third-order valence-corrected chi connectivity index (χ3v) is 7.50. The highest BCUT2D eigenvalue weighted by Gasteiger charge is 2.24. The predicted octanol–water partition coefficient (Wildman–Crippen LogP) is 6.63. The van der Waals surface area contributed by atoms with Gasteiger partial charge in [0.25, 0.3) is 5.91 Å². The number of nitrogens with one attached hydrogen (secondary N) is 1. The topological polar surface area (TPSA) is 74.9 Å². The minimum absolute atomic E-state index is 0.140. The molecule has 0 radical (unpaired) electrons. The Bertz CT molecular complexity index is 1700. The normalized spacial score (nSPS) is 10.9. The van der Waals surface area contributed by atoms with E-state index in [0.717, 1.165) is 27.8 Å². The van der Waals surface area contributed by atoms with Crippen molar-refractivity contribution < 1.29 is 23.5 Å². The first-order chi connectivity index (χ1) is 21.4. The van der Waals surface area contributed by atoms with Gasteiger partial charge in [0.2, 0.25) is 5.91 Å². The van der Waals surface area contributed by atoms with Gasteiger partial charge in [-0.3, -0.25) is 9.59 Å². The number of fused-ring (bicyclic) bond motifs is 1. The number of amides is 2. The second-order valence-corrected chi connectivity index (χ2v) is 10.5. The van der Waals surface area contributed by atoms with Crippen LogP contribution in [0.25, 0.3) is 10.9 Å². The molecule has 0 saturated carbocycles. The Morgan fingerprint density at radius 1 is 0.818 bits per heavy atom. The lowest BCUT2D eigenvalue weighted by atomic mass is 10.1. The maximum Gasteiger partial charge on any atom is 0.254 e. The zero-order valence-corrected chi connectivity index (χ0v) is 25.0. The number of para-hydroxylation sites is 1. The molecule has 0 unspecified atom stereocenters. The molecule has 5 rings (SSSR count). The van der Waals surface area contributed by atoms with Gasteiger partial charge in [0.1, 0.15) is 23.9 Å². The van der Waals surface area contributed by atoms with Crippen LogP contribution in [0.4, 0.5) is 4.39 Å². The van der Waals surface area contributed by atoms with Crippen molar-refractivity contribution in [3.8, 4) is 11.5 Å². The SMILES string of the molecule is CCOc1ccc(CN(CCc2c[nH]c3ccccc23)C(=O)CN(Cc2ccc(F)cc2)C(=O)c2cccc(OC)c2)cc1. The molecule has 226 valence electrons. The standard InChI is InChI=1S/C36H36FN3O4/c1-3-44-31-17-13-27(14-18-31)23-39(20-19-29-22-38-34-10-5-4-9-33(29)34)35(41)25-40(24-26-11-15-30(37)16-12-26)36(42)28-7-6-8-32(21-28)43-2/h4-18,21-22,38H,3,19-20,23-25H2,1-2H3. The summed E-state index contributed by atoms with van der Waals surface area (Å²) in [5, 5.41) is 1.12. The second kappa shape index (κ2) is 14.4. The van der Waals surface area contributed by atoms with Crippen LogP contribution in [-0.2, 0) is 24.3 Å². The van der Waals surface area contributed by atoms with Crippen LogP contribution in [0, 0.1) is 5.82 Å². The average Bonchev–Trinajstić information content (AvgIpc) is 3.47. The Morgan fingerprint density at radius 3 is 2.25 bits per heavy atom. The van der Waals surface area contributed by atoms with Crippen molar-refractivity contribution in [1.82, 2.24) is 14.8 Å². The maximum atomic E-state index is 14.1. The molecular formula is C36H36FN3O4. The molecule has 0 aliphatic heterocycles. The second-order valence-electron chi connectivity index (χ2n) is 10.5. The molecule has 1 aromatic heterocycles. The van der Waals surface area contributed by atoms with Gasteiger partial charge in [-0.2, -0.15) is 0 Å². The summed E-state index contributed by atoms with van der Waals surface area (Å²) in [4.78, 5) is 34.5. The minimum atomic E-state index is -0.366. The Morgan fingerprint density at radius 2 is 1.52 bits per heavy atom. The molecule has 1 N–H and O–H groups in total. The van der Waals surface area contributed by atoms with Gasteiger partial charge >= 0.3 is 0 Å². The number of carbonyl (C=O) groups excluding carboxylic acids is 2. The number of rotatable bonds is 13. The van der Waals surface area contributed by atoms with Crippen molar-refractivity contribution in [2.75, 3.05) is 26.8 Å². The van der Waals surface area contributed by atoms with Crippen molar-refractivity contribution in [2.45, 2.75) is 26.4 Å². The van der Waals surface area contributed by atoms with E-state index in [9.17, 15) is 14.0 Å². The van der Waals surface area contributed by atoms with Gasteiger partial charge in [0.15, 0.2) is 0 Å². The summed E-state index contributed by atoms with van der Waals surface area (Å²) >= 11 is 0. The molecule has 0 spiro atoms. The highest BCUT2D eigenvalue weighted by molar-refractivity contribution is 5.97. The summed E-state index contributed by atoms with van der Waals surface area (Å²) in [7, 11) is 1.54. The highest BCUT2D eigenvalue weighted by Crippen LogP contribution is 2.21. The molecule has 44 heavy (non-hydrogen) atoms. The van der Waals surface area contributed by atoms with Crippen LogP contribution >= 0.6 is 0 Å². The van der Waals surface area contributed by atoms with Gasteiger partial charge in [-0.25, -0.2) is 4.39 Å². The number of ether oxygens (including phenoxy) is 2. The van der Waals surface area contributed by atoms with Gasteiger partial charge in [0.05, 0.1) is 13.7 Å². The van der Waals surface area contributed by atoms with Gasteiger partial charge in [-0.05, 0) is 78.6 Å². The van der Waals surface area contributed by atoms with Gasteiger partial charge in [-0.15, -0.1) is 0 Å². The fraction of sp³-hybridized carbons (Fsp3) is 0.222. The number of aromatic amines is 1. The van der Waals surface area contributed by atoms with Crippen LogP contribution < -0.4 is 9.47 Å². The molecule has 0 atom stereocenters. The first-order valence-electron chi connectivity index (χ1n) is 14.7. The lowest BCUT2D eigenvalue weighted by Gasteiger charge is -2.28. The van der Waals surface area contributed by atoms with E-state index < -0.39 is 0 Å². The Hall–Kier alpha value is -5.11. The first kappa shape index (κ1) is 30.4. The third kappa shape index (κ3) is 7.64. The van der Waals surface area contributed by atoms with Gasteiger partial charge in [-0.1, -0.05) is 48.5 Å². The molecule has 0 saturated heterocycles. The number of H-pyrrole nitrogens is 1. The van der Waals surface area contributed by atoms with E-state index >= 15 is 0 Å². The van der Waals surface area contributed by atoms with Crippen LogP contribution in [0.3, 0.4) is 0 Å². The number of halogens is 1. The number of benzene rings is 4. The summed E-state index contributed by atoms with van der Waals surface area (Å²) in [5.74, 6) is 0.424. The van der Waals surface area contributed by atoms with Gasteiger partial charge in [0, 0.05) is 42.3 Å². The van der Waals surface area contributed by atoms with Crippen LogP contribution in [-0.4, -0.2) is 53.4 Å². The van der Waals surface area contributed by atoms with Gasteiger partial charge < -0.3 is 24.3 Å². The van der Waals surface area contributed by atoms with Crippen molar-refractivity contribution >= 4 is 22.7 Å². The average molecular weight is 594 g/mol. The lowest BCUT2D eigenvalue weighted by molar-refractivity contribution is -0.132. The molecule has 1 heterocycles. The Kier molecular flexibility index (Phi) is 9.92. The van der Waals surface area contributed by atoms with Crippen LogP contribution in [0.1, 0.15) is 34.0 Å². The zero-order valence-electron chi connectivity index (χ0n) is 25.0. The zero-order chi connectivity index (χ0) is 30.9. The maximum absolute atomic E-state index is 14.1. The van der Waals surface area contributed by atoms with E-state index in [2.05, 4.69) is 11.1 Å². The first-order valence-corrected chi connectivity index (χ1v) is 14.7. The van der Waals surface area contributed by atoms with Crippen LogP contribution in [0.15, 0.2) is 103 Å². The van der Waals surface area contributed by atoms with E-state index in [0.29, 0.717) is 43.0 Å². The molecule has 7 nitrogen and oxygen atoms in total. The molecule has 0 aliphatic rings. The van der Waals surface area contributed by atoms with E-state index in [4.69, 9.17) is 9.47 Å². The number of hydrogen-bond acceptors (Lipinski definition) is 4. The van der Waals surface area contributed by atoms with E-state index in [-0.39, 0.29) is 30.7 Å².